The van der Waals surface area contributed by atoms with E-state index in [2.05, 4.69) is 6.92 Å². The molecule has 5 heteroatoms. The van der Waals surface area contributed by atoms with E-state index in [4.69, 9.17) is 15.6 Å². The van der Waals surface area contributed by atoms with E-state index in [1.54, 1.807) is 0 Å². The van der Waals surface area contributed by atoms with Gasteiger partial charge in [0.1, 0.15) is 5.60 Å². The Morgan fingerprint density at radius 1 is 1.18 bits per heavy atom. The van der Waals surface area contributed by atoms with Gasteiger partial charge < -0.3 is 10.5 Å². The number of carbonyl (C=O) groups excluding carboxylic acids is 1. The number of nitrogen functional groups attached to an aromatic ring is 1. The van der Waals surface area contributed by atoms with Crippen LogP contribution in [0.15, 0.2) is 24.3 Å². The Morgan fingerprint density at radius 3 is 2.43 bits per heavy atom. The number of nitrogens with two attached hydrogens (primary N) is 1. The molecular weight excluding hydrogens is 350 g/mol. The van der Waals surface area contributed by atoms with Crippen LogP contribution in [-0.4, -0.2) is 21.4 Å². The molecule has 152 valence electrons. The molecule has 1 aliphatic carbocycles. The number of aromatic nitrogens is 2. The minimum Gasteiger partial charge on any atom is -0.460 e. The summed E-state index contributed by atoms with van der Waals surface area (Å²) in [5, 5.41) is 4.98. The lowest BCUT2D eigenvalue weighted by molar-refractivity contribution is -0.153. The first-order valence-electron chi connectivity index (χ1n) is 10.4. The highest BCUT2D eigenvalue weighted by Gasteiger charge is 2.27. The van der Waals surface area contributed by atoms with Gasteiger partial charge >= 0.3 is 5.97 Å². The first-order valence-corrected chi connectivity index (χ1v) is 10.4. The summed E-state index contributed by atoms with van der Waals surface area (Å²) in [4.78, 5) is 12.5. The van der Waals surface area contributed by atoms with Gasteiger partial charge in [-0.15, -0.1) is 0 Å². The highest BCUT2D eigenvalue weighted by molar-refractivity contribution is 5.73. The molecular formula is C23H33N3O2. The van der Waals surface area contributed by atoms with E-state index < -0.39 is 5.60 Å². The van der Waals surface area contributed by atoms with Gasteiger partial charge in [0.25, 0.3) is 0 Å². The Morgan fingerprint density at radius 2 is 1.82 bits per heavy atom. The number of ether oxygens (including phenoxy) is 1. The Hall–Kier alpha value is -2.30. The summed E-state index contributed by atoms with van der Waals surface area (Å²) in [6, 6.07) is 7.89. The van der Waals surface area contributed by atoms with Crippen molar-refractivity contribution in [3.63, 3.8) is 0 Å². The fraction of sp³-hybridized carbons (Fsp3) is 0.565. The molecule has 1 saturated carbocycles. The first-order chi connectivity index (χ1) is 13.2. The lowest BCUT2D eigenvalue weighted by Gasteiger charge is -2.22. The summed E-state index contributed by atoms with van der Waals surface area (Å²) in [7, 11) is 0. The molecule has 1 aromatic carbocycles. The topological polar surface area (TPSA) is 70.1 Å². The molecule has 2 aromatic rings. The van der Waals surface area contributed by atoms with E-state index >= 15 is 0 Å². The fourth-order valence-corrected chi connectivity index (χ4v) is 4.00. The van der Waals surface area contributed by atoms with Gasteiger partial charge in [0.2, 0.25) is 0 Å². The Labute approximate surface area is 168 Å². The molecule has 28 heavy (non-hydrogen) atoms. The van der Waals surface area contributed by atoms with Crippen LogP contribution < -0.4 is 5.73 Å². The van der Waals surface area contributed by atoms with Crippen LogP contribution >= 0.6 is 0 Å². The fourth-order valence-electron chi connectivity index (χ4n) is 4.00. The predicted molar refractivity (Wildman–Crippen MR) is 112 cm³/mol. The largest absolute Gasteiger partial charge is 0.460 e. The zero-order valence-corrected chi connectivity index (χ0v) is 17.6. The Balaban J connectivity index is 1.89. The molecule has 0 aliphatic heterocycles. The minimum atomic E-state index is -0.476. The van der Waals surface area contributed by atoms with Crippen LogP contribution in [-0.2, 0) is 22.5 Å². The summed E-state index contributed by atoms with van der Waals surface area (Å²) in [6.45, 7) is 8.47. The van der Waals surface area contributed by atoms with Crippen LogP contribution in [0.2, 0.25) is 0 Å². The van der Waals surface area contributed by atoms with Crippen LogP contribution in [0.3, 0.4) is 0 Å². The molecule has 0 amide bonds. The lowest BCUT2D eigenvalue weighted by atomic mass is 9.85. The van der Waals surface area contributed by atoms with Gasteiger partial charge in [0.05, 0.1) is 18.7 Å². The summed E-state index contributed by atoms with van der Waals surface area (Å²) < 4.78 is 7.63. The van der Waals surface area contributed by atoms with Gasteiger partial charge in [-0.2, -0.15) is 5.10 Å². The maximum atomic E-state index is 12.5. The van der Waals surface area contributed by atoms with Crippen molar-refractivity contribution in [2.24, 2.45) is 0 Å². The first kappa shape index (κ1) is 20.4. The van der Waals surface area contributed by atoms with Crippen molar-refractivity contribution in [2.45, 2.75) is 84.3 Å². The van der Waals surface area contributed by atoms with Crippen LogP contribution in [0.5, 0.6) is 0 Å². The maximum Gasteiger partial charge on any atom is 0.310 e. The number of rotatable bonds is 5. The molecule has 0 unspecified atom stereocenters. The molecule has 3 rings (SSSR count). The van der Waals surface area contributed by atoms with Gasteiger partial charge in [-0.3, -0.25) is 9.48 Å². The number of hydrogen-bond donors (Lipinski definition) is 1. The monoisotopic (exact) mass is 383 g/mol. The maximum absolute atomic E-state index is 12.5. The lowest BCUT2D eigenvalue weighted by Crippen LogP contribution is -2.25. The molecule has 1 aromatic heterocycles. The van der Waals surface area contributed by atoms with E-state index in [1.165, 1.54) is 19.3 Å². The van der Waals surface area contributed by atoms with Crippen molar-refractivity contribution >= 4 is 11.7 Å². The van der Waals surface area contributed by atoms with Crippen molar-refractivity contribution < 1.29 is 9.53 Å². The standard InChI is InChI=1S/C23H33N3O2/c1-16-20(14-21(27)28-23(2,3)4)22(18-8-6-5-7-9-18)25-26(16)15-17-10-12-19(24)13-11-17/h10-13,18H,5-9,14-15,24H2,1-4H3. The van der Waals surface area contributed by atoms with Crippen LogP contribution in [0.4, 0.5) is 5.69 Å². The number of anilines is 1. The summed E-state index contributed by atoms with van der Waals surface area (Å²) in [5.74, 6) is 0.261. The highest BCUT2D eigenvalue weighted by atomic mass is 16.6. The molecule has 1 heterocycles. The molecule has 0 bridgehead atoms. The molecule has 1 aliphatic rings. The third kappa shape index (κ3) is 5.15. The SMILES string of the molecule is Cc1c(CC(=O)OC(C)(C)C)c(C2CCCCC2)nn1Cc1ccc(N)cc1. The quantitative estimate of drug-likeness (QED) is 0.597. The molecule has 0 spiro atoms. The van der Waals surface area contributed by atoms with Crippen molar-refractivity contribution in [1.29, 1.82) is 0 Å². The van der Waals surface area contributed by atoms with Gasteiger partial charge in [-0.05, 0) is 58.2 Å². The van der Waals surface area contributed by atoms with E-state index in [-0.39, 0.29) is 12.4 Å². The third-order valence-electron chi connectivity index (χ3n) is 5.41. The average molecular weight is 384 g/mol. The Kier molecular flexibility index (Phi) is 6.11. The third-order valence-corrected chi connectivity index (χ3v) is 5.41. The van der Waals surface area contributed by atoms with E-state index in [0.717, 1.165) is 41.0 Å². The minimum absolute atomic E-state index is 0.181. The number of hydrogen-bond acceptors (Lipinski definition) is 4. The Bertz CT molecular complexity index is 810. The van der Waals surface area contributed by atoms with Crippen molar-refractivity contribution in [3.05, 3.63) is 46.8 Å². The van der Waals surface area contributed by atoms with Gasteiger partial charge in [-0.25, -0.2) is 0 Å². The van der Waals surface area contributed by atoms with Gasteiger partial charge in [0, 0.05) is 22.9 Å². The molecule has 5 nitrogen and oxygen atoms in total. The summed E-state index contributed by atoms with van der Waals surface area (Å²) >= 11 is 0. The van der Waals surface area contributed by atoms with Crippen molar-refractivity contribution in [2.75, 3.05) is 5.73 Å². The van der Waals surface area contributed by atoms with E-state index in [1.807, 2.05) is 49.7 Å². The molecule has 0 radical (unpaired) electrons. The smallest absolute Gasteiger partial charge is 0.310 e. The zero-order valence-electron chi connectivity index (χ0n) is 17.6. The van der Waals surface area contributed by atoms with Crippen LogP contribution in [0.25, 0.3) is 0 Å². The number of carbonyl (C=O) groups is 1. The molecule has 2 N–H and O–H groups in total. The number of benzene rings is 1. The van der Waals surface area contributed by atoms with Crippen LogP contribution in [0.1, 0.15) is 81.3 Å². The average Bonchev–Trinajstić information content (AvgIpc) is 2.92. The highest BCUT2D eigenvalue weighted by Crippen LogP contribution is 2.35. The molecule has 0 atom stereocenters. The van der Waals surface area contributed by atoms with E-state index in [9.17, 15) is 4.79 Å². The van der Waals surface area contributed by atoms with Gasteiger partial charge in [0.15, 0.2) is 0 Å². The van der Waals surface area contributed by atoms with Crippen molar-refractivity contribution in [1.82, 2.24) is 9.78 Å². The second-order valence-electron chi connectivity index (χ2n) is 8.95. The van der Waals surface area contributed by atoms with E-state index in [0.29, 0.717) is 12.5 Å². The number of nitrogens with zero attached hydrogens (tertiary/aromatic N) is 2. The predicted octanol–water partition coefficient (Wildman–Crippen LogP) is 4.75. The van der Waals surface area contributed by atoms with Crippen LogP contribution in [0, 0.1) is 6.92 Å². The summed E-state index contributed by atoms with van der Waals surface area (Å²) in [6.07, 6.45) is 6.36. The van der Waals surface area contributed by atoms with Gasteiger partial charge in [-0.1, -0.05) is 31.4 Å². The van der Waals surface area contributed by atoms with Crippen molar-refractivity contribution in [3.8, 4) is 0 Å². The second-order valence-corrected chi connectivity index (χ2v) is 8.95. The molecule has 1 fully saturated rings. The second kappa shape index (κ2) is 8.38. The zero-order chi connectivity index (χ0) is 20.3. The normalized spacial score (nSPS) is 15.6. The number of esters is 1. The molecule has 0 saturated heterocycles. The summed E-state index contributed by atoms with van der Waals surface area (Å²) in [5.41, 5.74) is 10.4.